The van der Waals surface area contributed by atoms with Gasteiger partial charge in [-0.05, 0) is 55.7 Å². The maximum absolute atomic E-state index is 14.5. The van der Waals surface area contributed by atoms with Crippen molar-refractivity contribution in [2.24, 2.45) is 0 Å². The van der Waals surface area contributed by atoms with Gasteiger partial charge >= 0.3 is 0 Å². The van der Waals surface area contributed by atoms with E-state index in [4.69, 9.17) is 11.6 Å². The first-order chi connectivity index (χ1) is 21.6. The van der Waals surface area contributed by atoms with Gasteiger partial charge in [-0.2, -0.15) is 0 Å². The van der Waals surface area contributed by atoms with Crippen molar-refractivity contribution in [2.75, 3.05) is 17.4 Å². The van der Waals surface area contributed by atoms with E-state index in [1.54, 1.807) is 36.4 Å². The molecule has 0 saturated heterocycles. The van der Waals surface area contributed by atoms with Crippen molar-refractivity contribution < 1.29 is 18.0 Å². The number of benzene rings is 4. The SMILES string of the molecule is CCCCNC(=O)C(Cc1ccccc1)N(Cc1ccc(C)cc1)C(=O)CN(c1ccccc1Cl)S(=O)(=O)c1ccc(C)cc1. The number of halogens is 1. The number of hydrogen-bond donors (Lipinski definition) is 1. The first-order valence-electron chi connectivity index (χ1n) is 15.1. The number of aryl methyl sites for hydroxylation is 2. The van der Waals surface area contributed by atoms with E-state index < -0.39 is 28.5 Å². The zero-order chi connectivity index (χ0) is 32.4. The summed E-state index contributed by atoms with van der Waals surface area (Å²) in [6.07, 6.45) is 1.96. The number of unbranched alkanes of at least 4 members (excludes halogenated alkanes) is 1. The highest BCUT2D eigenvalue weighted by Crippen LogP contribution is 2.31. The highest BCUT2D eigenvalue weighted by Gasteiger charge is 2.35. The Kier molecular flexibility index (Phi) is 11.8. The van der Waals surface area contributed by atoms with Crippen LogP contribution in [0, 0.1) is 13.8 Å². The Morgan fingerprint density at radius 2 is 1.40 bits per heavy atom. The highest BCUT2D eigenvalue weighted by molar-refractivity contribution is 7.92. The van der Waals surface area contributed by atoms with Crippen LogP contribution < -0.4 is 9.62 Å². The maximum Gasteiger partial charge on any atom is 0.264 e. The zero-order valence-corrected chi connectivity index (χ0v) is 27.5. The van der Waals surface area contributed by atoms with Gasteiger partial charge in [0.1, 0.15) is 12.6 Å². The van der Waals surface area contributed by atoms with Crippen molar-refractivity contribution in [2.45, 2.75) is 57.5 Å². The summed E-state index contributed by atoms with van der Waals surface area (Å²) in [5.41, 5.74) is 3.83. The van der Waals surface area contributed by atoms with Crippen molar-refractivity contribution in [3.05, 3.63) is 130 Å². The van der Waals surface area contributed by atoms with Gasteiger partial charge in [0.25, 0.3) is 10.0 Å². The van der Waals surface area contributed by atoms with Crippen molar-refractivity contribution in [3.63, 3.8) is 0 Å². The van der Waals surface area contributed by atoms with E-state index in [1.807, 2.05) is 75.4 Å². The summed E-state index contributed by atoms with van der Waals surface area (Å²) in [6.45, 7) is 5.91. The van der Waals surface area contributed by atoms with Gasteiger partial charge in [-0.25, -0.2) is 8.42 Å². The molecule has 4 aromatic rings. The zero-order valence-electron chi connectivity index (χ0n) is 25.9. The lowest BCUT2D eigenvalue weighted by atomic mass is 10.0. The molecule has 236 valence electrons. The first kappa shape index (κ1) is 33.7. The molecule has 0 aliphatic heterocycles. The number of amides is 2. The fourth-order valence-electron chi connectivity index (χ4n) is 4.96. The van der Waals surface area contributed by atoms with Gasteiger partial charge in [0, 0.05) is 19.5 Å². The Bertz CT molecular complexity index is 1680. The van der Waals surface area contributed by atoms with Gasteiger partial charge in [-0.1, -0.05) is 115 Å². The molecule has 0 aliphatic carbocycles. The Hall–Kier alpha value is -4.14. The van der Waals surface area contributed by atoms with Crippen LogP contribution in [0.5, 0.6) is 0 Å². The number of para-hydroxylation sites is 1. The molecule has 0 aromatic heterocycles. The summed E-state index contributed by atoms with van der Waals surface area (Å²) < 4.78 is 29.3. The molecule has 7 nitrogen and oxygen atoms in total. The fraction of sp³-hybridized carbons (Fsp3) is 0.278. The van der Waals surface area contributed by atoms with E-state index in [-0.39, 0.29) is 34.5 Å². The number of carbonyl (C=O) groups is 2. The van der Waals surface area contributed by atoms with Gasteiger partial charge in [-0.15, -0.1) is 0 Å². The molecule has 4 rings (SSSR count). The Labute approximate surface area is 271 Å². The monoisotopic (exact) mass is 645 g/mol. The van der Waals surface area contributed by atoms with Gasteiger partial charge < -0.3 is 10.2 Å². The summed E-state index contributed by atoms with van der Waals surface area (Å²) in [7, 11) is -4.22. The molecule has 0 fully saturated rings. The Morgan fingerprint density at radius 3 is 2.02 bits per heavy atom. The van der Waals surface area contributed by atoms with Gasteiger partial charge in [0.15, 0.2) is 0 Å². The lowest BCUT2D eigenvalue weighted by Crippen LogP contribution is -2.53. The predicted molar refractivity (Wildman–Crippen MR) is 181 cm³/mol. The lowest BCUT2D eigenvalue weighted by molar-refractivity contribution is -0.140. The second kappa shape index (κ2) is 15.7. The molecule has 0 saturated carbocycles. The molecule has 0 spiro atoms. The molecule has 45 heavy (non-hydrogen) atoms. The molecule has 1 atom stereocenters. The first-order valence-corrected chi connectivity index (χ1v) is 16.9. The van der Waals surface area contributed by atoms with Crippen molar-refractivity contribution in [1.29, 1.82) is 0 Å². The molecular formula is C36H40ClN3O4S. The smallest absolute Gasteiger partial charge is 0.264 e. The number of nitrogens with one attached hydrogen (secondary N) is 1. The van der Waals surface area contributed by atoms with Crippen LogP contribution in [0.15, 0.2) is 108 Å². The molecule has 9 heteroatoms. The third-order valence-corrected chi connectivity index (χ3v) is 9.68. The minimum atomic E-state index is -4.22. The number of hydrogen-bond acceptors (Lipinski definition) is 4. The summed E-state index contributed by atoms with van der Waals surface area (Å²) >= 11 is 6.54. The second-order valence-electron chi connectivity index (χ2n) is 11.1. The van der Waals surface area contributed by atoms with Crippen LogP contribution in [0.2, 0.25) is 5.02 Å². The van der Waals surface area contributed by atoms with Crippen molar-refractivity contribution in [3.8, 4) is 0 Å². The lowest BCUT2D eigenvalue weighted by Gasteiger charge is -2.34. The molecule has 2 amide bonds. The normalized spacial score (nSPS) is 11.9. The predicted octanol–water partition coefficient (Wildman–Crippen LogP) is 6.71. The molecular weight excluding hydrogens is 606 g/mol. The van der Waals surface area contributed by atoms with E-state index in [2.05, 4.69) is 5.32 Å². The van der Waals surface area contributed by atoms with E-state index in [0.717, 1.165) is 39.4 Å². The van der Waals surface area contributed by atoms with Crippen LogP contribution in [0.25, 0.3) is 0 Å². The van der Waals surface area contributed by atoms with Gasteiger partial charge in [0.05, 0.1) is 15.6 Å². The van der Waals surface area contributed by atoms with E-state index in [0.29, 0.717) is 6.54 Å². The average molecular weight is 646 g/mol. The standard InChI is InChI=1S/C36H40ClN3O4S/c1-4-5-23-38-36(42)34(24-29-11-7-6-8-12-29)39(25-30-19-15-27(2)16-20-30)35(41)26-40(33-14-10-9-13-32(33)37)45(43,44)31-21-17-28(3)18-22-31/h6-22,34H,4-5,23-26H2,1-3H3,(H,38,42). The van der Waals surface area contributed by atoms with Crippen LogP contribution in [0.4, 0.5) is 5.69 Å². The summed E-state index contributed by atoms with van der Waals surface area (Å²) in [6, 6.07) is 29.3. The van der Waals surface area contributed by atoms with Crippen LogP contribution in [0.3, 0.4) is 0 Å². The molecule has 0 bridgehead atoms. The molecule has 4 aromatic carbocycles. The van der Waals surface area contributed by atoms with Crippen molar-refractivity contribution >= 4 is 39.1 Å². The molecule has 0 heterocycles. The highest BCUT2D eigenvalue weighted by atomic mass is 35.5. The number of rotatable bonds is 14. The summed E-state index contributed by atoms with van der Waals surface area (Å²) in [5.74, 6) is -0.823. The van der Waals surface area contributed by atoms with Gasteiger partial charge in [0.2, 0.25) is 11.8 Å². The summed E-state index contributed by atoms with van der Waals surface area (Å²) in [4.78, 5) is 29.8. The number of sulfonamides is 1. The largest absolute Gasteiger partial charge is 0.354 e. The third kappa shape index (κ3) is 8.96. The fourth-order valence-corrected chi connectivity index (χ4v) is 6.68. The number of carbonyl (C=O) groups excluding carboxylic acids is 2. The topological polar surface area (TPSA) is 86.8 Å². The minimum absolute atomic E-state index is 0.0315. The number of nitrogens with zero attached hydrogens (tertiary/aromatic N) is 2. The Morgan fingerprint density at radius 1 is 0.800 bits per heavy atom. The van der Waals surface area contributed by atoms with Crippen LogP contribution >= 0.6 is 11.6 Å². The van der Waals surface area contributed by atoms with Crippen molar-refractivity contribution in [1.82, 2.24) is 10.2 Å². The third-order valence-electron chi connectivity index (χ3n) is 7.58. The van der Waals surface area contributed by atoms with Crippen LogP contribution in [0.1, 0.15) is 42.0 Å². The van der Waals surface area contributed by atoms with E-state index >= 15 is 0 Å². The number of anilines is 1. The Balaban J connectivity index is 1.79. The van der Waals surface area contributed by atoms with Crippen LogP contribution in [-0.2, 0) is 32.6 Å². The van der Waals surface area contributed by atoms with E-state index in [9.17, 15) is 18.0 Å². The molecule has 1 unspecified atom stereocenters. The molecule has 0 radical (unpaired) electrons. The maximum atomic E-state index is 14.5. The van der Waals surface area contributed by atoms with Crippen LogP contribution in [-0.4, -0.2) is 44.3 Å². The average Bonchev–Trinajstić information content (AvgIpc) is 3.03. The molecule has 1 N–H and O–H groups in total. The minimum Gasteiger partial charge on any atom is -0.354 e. The molecule has 0 aliphatic rings. The van der Waals surface area contributed by atoms with Gasteiger partial charge in [-0.3, -0.25) is 13.9 Å². The summed E-state index contributed by atoms with van der Waals surface area (Å²) in [5, 5.41) is 3.19. The quantitative estimate of drug-likeness (QED) is 0.155. The second-order valence-corrected chi connectivity index (χ2v) is 13.4. The van der Waals surface area contributed by atoms with E-state index in [1.165, 1.54) is 17.0 Å².